The molecule has 1 unspecified atom stereocenters. The SMILES string of the molecule is O=C(NCC(O)C1CC1)C1CCNCC1. The van der Waals surface area contributed by atoms with Gasteiger partial charge in [-0.2, -0.15) is 0 Å². The minimum absolute atomic E-state index is 0.121. The smallest absolute Gasteiger partial charge is 0.223 e. The Morgan fingerprint density at radius 1 is 1.33 bits per heavy atom. The molecule has 1 saturated carbocycles. The van der Waals surface area contributed by atoms with Crippen molar-refractivity contribution in [1.29, 1.82) is 0 Å². The van der Waals surface area contributed by atoms with Gasteiger partial charge in [0.05, 0.1) is 6.10 Å². The maximum absolute atomic E-state index is 11.7. The zero-order valence-electron chi connectivity index (χ0n) is 9.04. The van der Waals surface area contributed by atoms with Crippen molar-refractivity contribution in [2.45, 2.75) is 31.8 Å². The summed E-state index contributed by atoms with van der Waals surface area (Å²) < 4.78 is 0. The lowest BCUT2D eigenvalue weighted by atomic mass is 9.97. The van der Waals surface area contributed by atoms with Gasteiger partial charge in [0.2, 0.25) is 5.91 Å². The molecule has 0 aromatic heterocycles. The zero-order chi connectivity index (χ0) is 10.7. The van der Waals surface area contributed by atoms with Gasteiger partial charge >= 0.3 is 0 Å². The minimum Gasteiger partial charge on any atom is -0.391 e. The number of amides is 1. The van der Waals surface area contributed by atoms with Crippen molar-refractivity contribution in [2.24, 2.45) is 11.8 Å². The van der Waals surface area contributed by atoms with Crippen LogP contribution in [0.2, 0.25) is 0 Å². The van der Waals surface area contributed by atoms with Crippen molar-refractivity contribution < 1.29 is 9.90 Å². The van der Waals surface area contributed by atoms with E-state index < -0.39 is 0 Å². The molecule has 4 nitrogen and oxygen atoms in total. The van der Waals surface area contributed by atoms with Gasteiger partial charge in [-0.3, -0.25) is 4.79 Å². The lowest BCUT2D eigenvalue weighted by Gasteiger charge is -2.22. The maximum Gasteiger partial charge on any atom is 0.223 e. The van der Waals surface area contributed by atoms with Crippen molar-refractivity contribution >= 4 is 5.91 Å². The molecular weight excluding hydrogens is 192 g/mol. The predicted molar refractivity (Wildman–Crippen MR) is 57.3 cm³/mol. The topological polar surface area (TPSA) is 61.4 Å². The van der Waals surface area contributed by atoms with Gasteiger partial charge in [-0.1, -0.05) is 0 Å². The molecule has 2 aliphatic rings. The van der Waals surface area contributed by atoms with Gasteiger partial charge in [0, 0.05) is 12.5 Å². The molecule has 0 aromatic rings. The molecule has 0 radical (unpaired) electrons. The van der Waals surface area contributed by atoms with Gasteiger partial charge < -0.3 is 15.7 Å². The quantitative estimate of drug-likeness (QED) is 0.608. The first kappa shape index (κ1) is 10.9. The molecule has 2 rings (SSSR count). The van der Waals surface area contributed by atoms with Crippen LogP contribution in [0.3, 0.4) is 0 Å². The summed E-state index contributed by atoms with van der Waals surface area (Å²) >= 11 is 0. The molecule has 1 aliphatic carbocycles. The molecule has 4 heteroatoms. The van der Waals surface area contributed by atoms with Gasteiger partial charge in [-0.25, -0.2) is 0 Å². The molecule has 1 aliphatic heterocycles. The zero-order valence-corrected chi connectivity index (χ0v) is 9.04. The lowest BCUT2D eigenvalue weighted by Crippen LogP contribution is -2.41. The fourth-order valence-corrected chi connectivity index (χ4v) is 2.08. The molecule has 2 fully saturated rings. The summed E-state index contributed by atoms with van der Waals surface area (Å²) in [5.41, 5.74) is 0. The van der Waals surface area contributed by atoms with Crippen molar-refractivity contribution in [2.75, 3.05) is 19.6 Å². The number of piperidine rings is 1. The van der Waals surface area contributed by atoms with E-state index in [0.29, 0.717) is 12.5 Å². The highest BCUT2D eigenvalue weighted by Crippen LogP contribution is 2.32. The molecule has 1 heterocycles. The second kappa shape index (κ2) is 4.94. The first-order chi connectivity index (χ1) is 7.27. The van der Waals surface area contributed by atoms with Crippen molar-refractivity contribution in [1.82, 2.24) is 10.6 Å². The molecule has 15 heavy (non-hydrogen) atoms. The minimum atomic E-state index is -0.323. The number of aliphatic hydroxyl groups excluding tert-OH is 1. The molecule has 1 atom stereocenters. The summed E-state index contributed by atoms with van der Waals surface area (Å²) in [7, 11) is 0. The first-order valence-electron chi connectivity index (χ1n) is 5.94. The van der Waals surface area contributed by atoms with E-state index in [0.717, 1.165) is 38.8 Å². The van der Waals surface area contributed by atoms with E-state index in [4.69, 9.17) is 0 Å². The number of hydrogen-bond acceptors (Lipinski definition) is 3. The summed E-state index contributed by atoms with van der Waals surface area (Å²) in [5.74, 6) is 0.715. The van der Waals surface area contributed by atoms with Gasteiger partial charge in [0.15, 0.2) is 0 Å². The second-order valence-corrected chi connectivity index (χ2v) is 4.67. The van der Waals surface area contributed by atoms with Crippen LogP contribution in [0.15, 0.2) is 0 Å². The van der Waals surface area contributed by atoms with E-state index >= 15 is 0 Å². The Morgan fingerprint density at radius 2 is 2.00 bits per heavy atom. The van der Waals surface area contributed by atoms with Gasteiger partial charge in [-0.05, 0) is 44.7 Å². The average molecular weight is 212 g/mol. The third kappa shape index (κ3) is 3.18. The Hall–Kier alpha value is -0.610. The molecule has 1 amide bonds. The lowest BCUT2D eigenvalue weighted by molar-refractivity contribution is -0.126. The highest BCUT2D eigenvalue weighted by Gasteiger charge is 2.30. The molecule has 1 saturated heterocycles. The highest BCUT2D eigenvalue weighted by atomic mass is 16.3. The van der Waals surface area contributed by atoms with Crippen LogP contribution < -0.4 is 10.6 Å². The Balaban J connectivity index is 1.66. The fraction of sp³-hybridized carbons (Fsp3) is 0.909. The van der Waals surface area contributed by atoms with Crippen LogP contribution in [0, 0.1) is 11.8 Å². The third-order valence-electron chi connectivity index (χ3n) is 3.36. The van der Waals surface area contributed by atoms with Gasteiger partial charge in [0.25, 0.3) is 0 Å². The summed E-state index contributed by atoms with van der Waals surface area (Å²) in [6.07, 6.45) is 3.75. The van der Waals surface area contributed by atoms with Crippen LogP contribution in [0.4, 0.5) is 0 Å². The van der Waals surface area contributed by atoms with E-state index in [1.807, 2.05) is 0 Å². The van der Waals surface area contributed by atoms with E-state index in [1.54, 1.807) is 0 Å². The van der Waals surface area contributed by atoms with Crippen LogP contribution in [0.25, 0.3) is 0 Å². The third-order valence-corrected chi connectivity index (χ3v) is 3.36. The van der Waals surface area contributed by atoms with E-state index in [9.17, 15) is 9.90 Å². The van der Waals surface area contributed by atoms with Crippen molar-refractivity contribution in [3.05, 3.63) is 0 Å². The number of carbonyl (C=O) groups is 1. The molecular formula is C11H20N2O2. The van der Waals surface area contributed by atoms with E-state index in [-0.39, 0.29) is 17.9 Å². The van der Waals surface area contributed by atoms with Crippen LogP contribution in [0.5, 0.6) is 0 Å². The normalized spacial score (nSPS) is 24.9. The monoisotopic (exact) mass is 212 g/mol. The molecule has 0 aromatic carbocycles. The summed E-state index contributed by atoms with van der Waals surface area (Å²) in [6, 6.07) is 0. The largest absolute Gasteiger partial charge is 0.391 e. The molecule has 0 spiro atoms. The Labute approximate surface area is 90.4 Å². The van der Waals surface area contributed by atoms with Crippen molar-refractivity contribution in [3.8, 4) is 0 Å². The van der Waals surface area contributed by atoms with Crippen molar-refractivity contribution in [3.63, 3.8) is 0 Å². The van der Waals surface area contributed by atoms with E-state index in [2.05, 4.69) is 10.6 Å². The number of nitrogens with one attached hydrogen (secondary N) is 2. The average Bonchev–Trinajstić information content (AvgIpc) is 3.10. The number of carbonyl (C=O) groups excluding carboxylic acids is 1. The standard InChI is InChI=1S/C11H20N2O2/c14-10(8-1-2-8)7-13-11(15)9-3-5-12-6-4-9/h8-10,12,14H,1-7H2,(H,13,15). The highest BCUT2D eigenvalue weighted by molar-refractivity contribution is 5.78. The summed E-state index contributed by atoms with van der Waals surface area (Å²) in [6.45, 7) is 2.31. The molecule has 3 N–H and O–H groups in total. The number of rotatable bonds is 4. The summed E-state index contributed by atoms with van der Waals surface area (Å²) in [5, 5.41) is 15.7. The van der Waals surface area contributed by atoms with Crippen LogP contribution >= 0.6 is 0 Å². The molecule has 0 bridgehead atoms. The second-order valence-electron chi connectivity index (χ2n) is 4.67. The fourth-order valence-electron chi connectivity index (χ4n) is 2.08. The van der Waals surface area contributed by atoms with E-state index in [1.165, 1.54) is 0 Å². The number of aliphatic hydroxyl groups is 1. The Kier molecular flexibility index (Phi) is 3.59. The Bertz CT molecular complexity index is 223. The predicted octanol–water partition coefficient (Wildman–Crippen LogP) is -0.127. The van der Waals surface area contributed by atoms with Gasteiger partial charge in [-0.15, -0.1) is 0 Å². The van der Waals surface area contributed by atoms with Crippen LogP contribution in [-0.2, 0) is 4.79 Å². The number of hydrogen-bond donors (Lipinski definition) is 3. The maximum atomic E-state index is 11.7. The van der Waals surface area contributed by atoms with Gasteiger partial charge in [0.1, 0.15) is 0 Å². The van der Waals surface area contributed by atoms with Crippen LogP contribution in [-0.4, -0.2) is 36.8 Å². The summed E-state index contributed by atoms with van der Waals surface area (Å²) in [4.78, 5) is 11.7. The first-order valence-corrected chi connectivity index (χ1v) is 5.94. The Morgan fingerprint density at radius 3 is 2.60 bits per heavy atom. The molecule has 86 valence electrons. The van der Waals surface area contributed by atoms with Crippen LogP contribution in [0.1, 0.15) is 25.7 Å².